The molecule has 9 heteroatoms. The SMILES string of the molecule is O=C(Nc1c(-c2ccccc2)nc2ccccn12)C1CCN(S(=O)(=O)c2ccc(Cl)cc2)CC1. The maximum Gasteiger partial charge on any atom is 0.243 e. The van der Waals surface area contributed by atoms with Gasteiger partial charge >= 0.3 is 0 Å². The molecular weight excluding hydrogens is 472 g/mol. The molecule has 1 fully saturated rings. The van der Waals surface area contributed by atoms with Gasteiger partial charge in [0.15, 0.2) is 0 Å². The summed E-state index contributed by atoms with van der Waals surface area (Å²) in [7, 11) is -3.62. The first-order valence-corrected chi connectivity index (χ1v) is 12.8. The summed E-state index contributed by atoms with van der Waals surface area (Å²) in [6.45, 7) is 0.559. The van der Waals surface area contributed by atoms with Crippen molar-refractivity contribution in [3.63, 3.8) is 0 Å². The van der Waals surface area contributed by atoms with Crippen LogP contribution in [0.25, 0.3) is 16.9 Å². The van der Waals surface area contributed by atoms with Crippen LogP contribution in [0.2, 0.25) is 5.02 Å². The van der Waals surface area contributed by atoms with E-state index in [1.807, 2.05) is 59.1 Å². The third-order valence-electron chi connectivity index (χ3n) is 6.09. The highest BCUT2D eigenvalue weighted by atomic mass is 35.5. The van der Waals surface area contributed by atoms with E-state index in [0.29, 0.717) is 29.4 Å². The molecule has 0 atom stereocenters. The number of hydrogen-bond acceptors (Lipinski definition) is 4. The fourth-order valence-electron chi connectivity index (χ4n) is 4.25. The largest absolute Gasteiger partial charge is 0.310 e. The van der Waals surface area contributed by atoms with Crippen LogP contribution in [0.5, 0.6) is 0 Å². The molecule has 0 aliphatic carbocycles. The summed E-state index contributed by atoms with van der Waals surface area (Å²) in [5, 5.41) is 3.56. The molecule has 1 aliphatic rings. The van der Waals surface area contributed by atoms with Crippen molar-refractivity contribution in [3.05, 3.63) is 84.0 Å². The molecule has 0 unspecified atom stereocenters. The van der Waals surface area contributed by atoms with Crippen LogP contribution in [-0.2, 0) is 14.8 Å². The first-order chi connectivity index (χ1) is 16.4. The van der Waals surface area contributed by atoms with Gasteiger partial charge < -0.3 is 5.32 Å². The number of anilines is 1. The minimum atomic E-state index is -3.62. The number of carbonyl (C=O) groups is 1. The minimum Gasteiger partial charge on any atom is -0.310 e. The van der Waals surface area contributed by atoms with E-state index in [2.05, 4.69) is 5.32 Å². The maximum atomic E-state index is 13.2. The van der Waals surface area contributed by atoms with Crippen molar-refractivity contribution in [1.82, 2.24) is 13.7 Å². The van der Waals surface area contributed by atoms with Crippen LogP contribution in [0, 0.1) is 5.92 Å². The molecule has 3 heterocycles. The monoisotopic (exact) mass is 494 g/mol. The van der Waals surface area contributed by atoms with Crippen LogP contribution in [0.3, 0.4) is 0 Å². The number of piperidine rings is 1. The highest BCUT2D eigenvalue weighted by Crippen LogP contribution is 2.30. The molecule has 1 saturated heterocycles. The Balaban J connectivity index is 1.33. The van der Waals surface area contributed by atoms with Gasteiger partial charge in [0, 0.05) is 35.8 Å². The summed E-state index contributed by atoms with van der Waals surface area (Å²) < 4.78 is 29.2. The molecule has 1 amide bonds. The van der Waals surface area contributed by atoms with Crippen molar-refractivity contribution >= 4 is 39.0 Å². The standard InChI is InChI=1S/C25H23ClN4O3S/c26-20-9-11-21(12-10-20)34(32,33)29-16-13-19(14-17-29)25(31)28-24-23(18-6-2-1-3-7-18)27-22-8-4-5-15-30(22)24/h1-12,15,19H,13-14,16-17H2,(H,28,31). The number of fused-ring (bicyclic) bond motifs is 1. The number of pyridine rings is 1. The molecule has 0 radical (unpaired) electrons. The Bertz CT molecular complexity index is 1430. The summed E-state index contributed by atoms with van der Waals surface area (Å²) in [6.07, 6.45) is 2.75. The molecule has 2 aromatic carbocycles. The summed E-state index contributed by atoms with van der Waals surface area (Å²) in [5.41, 5.74) is 2.34. The lowest BCUT2D eigenvalue weighted by atomic mass is 9.97. The fourth-order valence-corrected chi connectivity index (χ4v) is 5.84. The van der Waals surface area contributed by atoms with Crippen molar-refractivity contribution in [1.29, 1.82) is 0 Å². The summed E-state index contributed by atoms with van der Waals surface area (Å²) in [6, 6.07) is 21.5. The van der Waals surface area contributed by atoms with Crippen LogP contribution >= 0.6 is 11.6 Å². The quantitative estimate of drug-likeness (QED) is 0.436. The molecule has 174 valence electrons. The summed E-state index contributed by atoms with van der Waals surface area (Å²) >= 11 is 5.89. The molecule has 0 saturated carbocycles. The number of aromatic nitrogens is 2. The smallest absolute Gasteiger partial charge is 0.243 e. The van der Waals surface area contributed by atoms with Gasteiger partial charge in [-0.15, -0.1) is 0 Å². The van der Waals surface area contributed by atoms with Crippen molar-refractivity contribution in [2.45, 2.75) is 17.7 Å². The lowest BCUT2D eigenvalue weighted by Gasteiger charge is -2.30. The number of rotatable bonds is 5. The van der Waals surface area contributed by atoms with E-state index in [9.17, 15) is 13.2 Å². The Morgan fingerprint density at radius 1 is 0.941 bits per heavy atom. The van der Waals surface area contributed by atoms with Gasteiger partial charge in [0.25, 0.3) is 0 Å². The maximum absolute atomic E-state index is 13.2. The van der Waals surface area contributed by atoms with E-state index >= 15 is 0 Å². The van der Waals surface area contributed by atoms with E-state index in [0.717, 1.165) is 11.2 Å². The van der Waals surface area contributed by atoms with Gasteiger partial charge in [0.05, 0.1) is 4.90 Å². The number of halogens is 1. The molecule has 2 aromatic heterocycles. The van der Waals surface area contributed by atoms with E-state index in [1.54, 1.807) is 12.1 Å². The molecule has 0 spiro atoms. The molecule has 1 aliphatic heterocycles. The number of nitrogens with zero attached hydrogens (tertiary/aromatic N) is 3. The zero-order chi connectivity index (χ0) is 23.7. The molecule has 1 N–H and O–H groups in total. The van der Waals surface area contributed by atoms with E-state index < -0.39 is 10.0 Å². The number of imidazole rings is 1. The predicted octanol–water partition coefficient (Wildman–Crippen LogP) is 4.69. The Kier molecular flexibility index (Phi) is 6.12. The highest BCUT2D eigenvalue weighted by Gasteiger charge is 2.32. The van der Waals surface area contributed by atoms with Gasteiger partial charge in [-0.2, -0.15) is 4.31 Å². The molecule has 7 nitrogen and oxygen atoms in total. The second-order valence-electron chi connectivity index (χ2n) is 8.23. The Labute approximate surface area is 203 Å². The number of sulfonamides is 1. The molecule has 5 rings (SSSR count). The lowest BCUT2D eigenvalue weighted by molar-refractivity contribution is -0.120. The van der Waals surface area contributed by atoms with Crippen molar-refractivity contribution in [2.75, 3.05) is 18.4 Å². The second-order valence-corrected chi connectivity index (χ2v) is 10.6. The highest BCUT2D eigenvalue weighted by molar-refractivity contribution is 7.89. The van der Waals surface area contributed by atoms with Crippen LogP contribution in [-0.4, -0.2) is 41.1 Å². The third-order valence-corrected chi connectivity index (χ3v) is 8.26. The van der Waals surface area contributed by atoms with Crippen molar-refractivity contribution in [2.24, 2.45) is 5.92 Å². The first kappa shape index (κ1) is 22.6. The molecule has 0 bridgehead atoms. The molecule has 4 aromatic rings. The zero-order valence-corrected chi connectivity index (χ0v) is 19.8. The van der Waals surface area contributed by atoms with E-state index in [4.69, 9.17) is 16.6 Å². The van der Waals surface area contributed by atoms with Gasteiger partial charge in [0.1, 0.15) is 17.2 Å². The predicted molar refractivity (Wildman–Crippen MR) is 132 cm³/mol. The van der Waals surface area contributed by atoms with Crippen molar-refractivity contribution in [3.8, 4) is 11.3 Å². The van der Waals surface area contributed by atoms with Crippen LogP contribution in [0.15, 0.2) is 83.9 Å². The number of benzene rings is 2. The topological polar surface area (TPSA) is 83.8 Å². The number of carbonyl (C=O) groups excluding carboxylic acids is 1. The summed E-state index contributed by atoms with van der Waals surface area (Å²) in [5.74, 6) is 0.184. The zero-order valence-electron chi connectivity index (χ0n) is 18.3. The Morgan fingerprint density at radius 3 is 2.32 bits per heavy atom. The van der Waals surface area contributed by atoms with Crippen LogP contribution in [0.4, 0.5) is 5.82 Å². The van der Waals surface area contributed by atoms with E-state index in [-0.39, 0.29) is 29.8 Å². The van der Waals surface area contributed by atoms with Crippen molar-refractivity contribution < 1.29 is 13.2 Å². The lowest BCUT2D eigenvalue weighted by Crippen LogP contribution is -2.41. The van der Waals surface area contributed by atoms with Gasteiger partial charge in [-0.3, -0.25) is 9.20 Å². The normalized spacial score (nSPS) is 15.4. The van der Waals surface area contributed by atoms with E-state index in [1.165, 1.54) is 16.4 Å². The average Bonchev–Trinajstić information content (AvgIpc) is 3.23. The number of hydrogen-bond donors (Lipinski definition) is 1. The molecular formula is C25H23ClN4O3S. The fraction of sp³-hybridized carbons (Fsp3) is 0.200. The Morgan fingerprint density at radius 2 is 1.62 bits per heavy atom. The molecule has 34 heavy (non-hydrogen) atoms. The van der Waals surface area contributed by atoms with Gasteiger partial charge in [-0.25, -0.2) is 13.4 Å². The number of nitrogens with one attached hydrogen (secondary N) is 1. The van der Waals surface area contributed by atoms with Crippen LogP contribution in [0.1, 0.15) is 12.8 Å². The first-order valence-electron chi connectivity index (χ1n) is 11.0. The third kappa shape index (κ3) is 4.32. The number of amides is 1. The summed E-state index contributed by atoms with van der Waals surface area (Å²) in [4.78, 5) is 18.1. The second kappa shape index (κ2) is 9.21. The van der Waals surface area contributed by atoms with Gasteiger partial charge in [-0.05, 0) is 49.2 Å². The van der Waals surface area contributed by atoms with Gasteiger partial charge in [-0.1, -0.05) is 48.0 Å². The van der Waals surface area contributed by atoms with Crippen LogP contribution < -0.4 is 5.32 Å². The Hall–Kier alpha value is -3.20. The van der Waals surface area contributed by atoms with Gasteiger partial charge in [0.2, 0.25) is 15.9 Å². The average molecular weight is 495 g/mol. The minimum absolute atomic E-state index is 0.133.